The quantitative estimate of drug-likeness (QED) is 0.573. The zero-order chi connectivity index (χ0) is 23.2. The standard InChI is InChI=1S/C26H30N4O3/c1-4-30(25(31)21-16-28-26(27-2)29-17-21)22-12-13-33-24(15-22)20-7-5-6-19(14-20)18-8-10-23(32-3)11-9-18/h5-11,14,16-17,22,24H,4,12-13,15H2,1-3H3,(H,27,28,29)/t22-,24+/m0/s1. The number of anilines is 1. The normalized spacial score (nSPS) is 17.9. The molecule has 7 heteroatoms. The molecule has 0 aliphatic carbocycles. The number of ether oxygens (including phenoxy) is 2. The summed E-state index contributed by atoms with van der Waals surface area (Å²) in [5.74, 6) is 1.29. The van der Waals surface area contributed by atoms with Crippen molar-refractivity contribution < 1.29 is 14.3 Å². The molecule has 1 fully saturated rings. The van der Waals surface area contributed by atoms with Crippen LogP contribution in [0, 0.1) is 0 Å². The number of carbonyl (C=O) groups is 1. The number of rotatable bonds is 7. The van der Waals surface area contributed by atoms with E-state index in [0.29, 0.717) is 24.7 Å². The highest BCUT2D eigenvalue weighted by Crippen LogP contribution is 2.33. The van der Waals surface area contributed by atoms with E-state index in [1.165, 1.54) is 0 Å². The van der Waals surface area contributed by atoms with Crippen LogP contribution in [0.5, 0.6) is 5.75 Å². The summed E-state index contributed by atoms with van der Waals surface area (Å²) in [6.07, 6.45) is 4.66. The van der Waals surface area contributed by atoms with Gasteiger partial charge < -0.3 is 19.7 Å². The minimum atomic E-state index is -0.0632. The van der Waals surface area contributed by atoms with Crippen molar-refractivity contribution in [3.05, 3.63) is 72.1 Å². The maximum atomic E-state index is 13.2. The van der Waals surface area contributed by atoms with E-state index in [2.05, 4.69) is 51.7 Å². The second-order valence-corrected chi connectivity index (χ2v) is 8.03. The number of nitrogens with one attached hydrogen (secondary N) is 1. The van der Waals surface area contributed by atoms with Crippen LogP contribution in [-0.4, -0.2) is 54.1 Å². The van der Waals surface area contributed by atoms with Crippen LogP contribution in [0.2, 0.25) is 0 Å². The summed E-state index contributed by atoms with van der Waals surface area (Å²) in [5.41, 5.74) is 3.88. The average Bonchev–Trinajstić information content (AvgIpc) is 2.89. The van der Waals surface area contributed by atoms with E-state index in [1.54, 1.807) is 26.6 Å². The Balaban J connectivity index is 1.50. The summed E-state index contributed by atoms with van der Waals surface area (Å²) in [6, 6.07) is 16.6. The third-order valence-electron chi connectivity index (χ3n) is 6.10. The van der Waals surface area contributed by atoms with Gasteiger partial charge in [-0.25, -0.2) is 9.97 Å². The molecule has 1 aromatic heterocycles. The van der Waals surface area contributed by atoms with E-state index in [9.17, 15) is 4.79 Å². The van der Waals surface area contributed by atoms with Gasteiger partial charge in [-0.3, -0.25) is 4.79 Å². The lowest BCUT2D eigenvalue weighted by atomic mass is 9.93. The lowest BCUT2D eigenvalue weighted by molar-refractivity contribution is -0.0231. The lowest BCUT2D eigenvalue weighted by Gasteiger charge is -2.37. The van der Waals surface area contributed by atoms with E-state index in [1.807, 2.05) is 24.0 Å². The topological polar surface area (TPSA) is 76.6 Å². The largest absolute Gasteiger partial charge is 0.497 e. The van der Waals surface area contributed by atoms with Crippen molar-refractivity contribution in [1.82, 2.24) is 14.9 Å². The molecular formula is C26H30N4O3. The number of benzene rings is 2. The molecule has 1 saturated heterocycles. The first kappa shape index (κ1) is 22.7. The third-order valence-corrected chi connectivity index (χ3v) is 6.10. The summed E-state index contributed by atoms with van der Waals surface area (Å²) in [5, 5.41) is 2.88. The number of aromatic nitrogens is 2. The second-order valence-electron chi connectivity index (χ2n) is 8.03. The monoisotopic (exact) mass is 446 g/mol. The summed E-state index contributed by atoms with van der Waals surface area (Å²) >= 11 is 0. The Bertz CT molecular complexity index is 1070. The average molecular weight is 447 g/mol. The molecule has 33 heavy (non-hydrogen) atoms. The summed E-state index contributed by atoms with van der Waals surface area (Å²) in [7, 11) is 3.42. The van der Waals surface area contributed by atoms with Crippen molar-refractivity contribution in [2.75, 3.05) is 32.6 Å². The maximum absolute atomic E-state index is 13.2. The van der Waals surface area contributed by atoms with Crippen LogP contribution in [0.15, 0.2) is 60.9 Å². The van der Waals surface area contributed by atoms with Crippen LogP contribution in [0.1, 0.15) is 41.8 Å². The molecular weight excluding hydrogens is 416 g/mol. The van der Waals surface area contributed by atoms with E-state index in [0.717, 1.165) is 35.3 Å². The molecule has 7 nitrogen and oxygen atoms in total. The Morgan fingerprint density at radius 1 is 1.15 bits per heavy atom. The first-order chi connectivity index (χ1) is 16.1. The van der Waals surface area contributed by atoms with E-state index >= 15 is 0 Å². The molecule has 2 atom stereocenters. The molecule has 3 aromatic rings. The molecule has 172 valence electrons. The predicted molar refractivity (Wildman–Crippen MR) is 128 cm³/mol. The van der Waals surface area contributed by atoms with Crippen molar-refractivity contribution in [3.8, 4) is 16.9 Å². The third kappa shape index (κ3) is 5.14. The fraction of sp³-hybridized carbons (Fsp3) is 0.346. The molecule has 1 N–H and O–H groups in total. The van der Waals surface area contributed by atoms with Crippen LogP contribution in [-0.2, 0) is 4.74 Å². The van der Waals surface area contributed by atoms with Gasteiger partial charge in [0.15, 0.2) is 0 Å². The highest BCUT2D eigenvalue weighted by atomic mass is 16.5. The smallest absolute Gasteiger partial charge is 0.257 e. The number of amides is 1. The molecule has 1 aliphatic rings. The van der Waals surface area contributed by atoms with Crippen LogP contribution in [0.3, 0.4) is 0 Å². The lowest BCUT2D eigenvalue weighted by Crippen LogP contribution is -2.44. The van der Waals surface area contributed by atoms with Gasteiger partial charge in [0.1, 0.15) is 5.75 Å². The molecule has 0 saturated carbocycles. The zero-order valence-electron chi connectivity index (χ0n) is 19.3. The van der Waals surface area contributed by atoms with Gasteiger partial charge in [-0.15, -0.1) is 0 Å². The molecule has 4 rings (SSSR count). The Morgan fingerprint density at radius 2 is 1.91 bits per heavy atom. The number of nitrogens with zero attached hydrogens (tertiary/aromatic N) is 3. The van der Waals surface area contributed by atoms with Crippen molar-refractivity contribution in [2.24, 2.45) is 0 Å². The number of carbonyl (C=O) groups excluding carboxylic acids is 1. The van der Waals surface area contributed by atoms with E-state index in [4.69, 9.17) is 9.47 Å². The first-order valence-corrected chi connectivity index (χ1v) is 11.3. The molecule has 0 radical (unpaired) electrons. The van der Waals surface area contributed by atoms with E-state index < -0.39 is 0 Å². The molecule has 2 heterocycles. The van der Waals surface area contributed by atoms with Crippen molar-refractivity contribution in [2.45, 2.75) is 31.9 Å². The van der Waals surface area contributed by atoms with Gasteiger partial charge in [0.2, 0.25) is 5.95 Å². The first-order valence-electron chi connectivity index (χ1n) is 11.3. The molecule has 1 aliphatic heterocycles. The Morgan fingerprint density at radius 3 is 2.58 bits per heavy atom. The maximum Gasteiger partial charge on any atom is 0.257 e. The van der Waals surface area contributed by atoms with Crippen molar-refractivity contribution in [1.29, 1.82) is 0 Å². The van der Waals surface area contributed by atoms with Crippen LogP contribution < -0.4 is 10.1 Å². The molecule has 0 spiro atoms. The fourth-order valence-electron chi connectivity index (χ4n) is 4.30. The molecule has 0 bridgehead atoms. The van der Waals surface area contributed by atoms with Crippen LogP contribution >= 0.6 is 0 Å². The number of hydrogen-bond donors (Lipinski definition) is 1. The highest BCUT2D eigenvalue weighted by Gasteiger charge is 2.31. The Kier molecular flexibility index (Phi) is 7.19. The number of methoxy groups -OCH3 is 1. The fourth-order valence-corrected chi connectivity index (χ4v) is 4.30. The van der Waals surface area contributed by atoms with Crippen LogP contribution in [0.4, 0.5) is 5.95 Å². The van der Waals surface area contributed by atoms with Gasteiger partial charge >= 0.3 is 0 Å². The molecule has 1 amide bonds. The highest BCUT2D eigenvalue weighted by molar-refractivity contribution is 5.94. The number of hydrogen-bond acceptors (Lipinski definition) is 6. The van der Waals surface area contributed by atoms with Gasteiger partial charge in [-0.05, 0) is 54.7 Å². The Labute approximate surface area is 194 Å². The van der Waals surface area contributed by atoms with Gasteiger partial charge in [0.25, 0.3) is 5.91 Å². The van der Waals surface area contributed by atoms with Gasteiger partial charge in [-0.2, -0.15) is 0 Å². The van der Waals surface area contributed by atoms with Crippen molar-refractivity contribution in [3.63, 3.8) is 0 Å². The molecule has 0 unspecified atom stereocenters. The summed E-state index contributed by atoms with van der Waals surface area (Å²) < 4.78 is 11.4. The van der Waals surface area contributed by atoms with Crippen molar-refractivity contribution >= 4 is 11.9 Å². The van der Waals surface area contributed by atoms with E-state index in [-0.39, 0.29) is 18.1 Å². The van der Waals surface area contributed by atoms with Gasteiger partial charge in [0, 0.05) is 38.6 Å². The van der Waals surface area contributed by atoms with Crippen LogP contribution in [0.25, 0.3) is 11.1 Å². The zero-order valence-corrected chi connectivity index (χ0v) is 19.3. The SMILES string of the molecule is CCN(C(=O)c1cnc(NC)nc1)[C@H]1CCO[C@@H](c2cccc(-c3ccc(OC)cc3)c2)C1. The Hall–Kier alpha value is -3.45. The summed E-state index contributed by atoms with van der Waals surface area (Å²) in [4.78, 5) is 23.5. The minimum absolute atomic E-state index is 0.0437. The predicted octanol–water partition coefficient (Wildman–Crippen LogP) is 4.58. The minimum Gasteiger partial charge on any atom is -0.497 e. The second kappa shape index (κ2) is 10.4. The summed E-state index contributed by atoms with van der Waals surface area (Å²) in [6.45, 7) is 3.24. The molecule has 2 aromatic carbocycles. The van der Waals surface area contributed by atoms with Gasteiger partial charge in [-0.1, -0.05) is 30.3 Å². The van der Waals surface area contributed by atoms with Gasteiger partial charge in [0.05, 0.1) is 18.8 Å².